The van der Waals surface area contributed by atoms with Crippen LogP contribution in [0.1, 0.15) is 39.7 Å². The van der Waals surface area contributed by atoms with Crippen LogP contribution in [0.2, 0.25) is 0 Å². The van der Waals surface area contributed by atoms with Crippen LogP contribution in [0.4, 0.5) is 0 Å². The first-order valence-electron chi connectivity index (χ1n) is 8.25. The Morgan fingerprint density at radius 3 is 2.12 bits per heavy atom. The third-order valence-electron chi connectivity index (χ3n) is 3.91. The van der Waals surface area contributed by atoms with E-state index in [0.717, 1.165) is 12.1 Å². The summed E-state index contributed by atoms with van der Waals surface area (Å²) in [5.41, 5.74) is 0.906. The summed E-state index contributed by atoms with van der Waals surface area (Å²) in [6.45, 7) is 10.0. The first-order chi connectivity index (χ1) is 11.1. The second-order valence-electron chi connectivity index (χ2n) is 6.46. The first-order valence-corrected chi connectivity index (χ1v) is 9.80. The Bertz CT molecular complexity index is 617. The van der Waals surface area contributed by atoms with Gasteiger partial charge in [0.2, 0.25) is 15.9 Å². The van der Waals surface area contributed by atoms with Crippen molar-refractivity contribution in [1.29, 1.82) is 0 Å². The Morgan fingerprint density at radius 1 is 1.12 bits per heavy atom. The topological polar surface area (TPSA) is 92.5 Å². The van der Waals surface area contributed by atoms with Crippen molar-refractivity contribution in [3.63, 3.8) is 0 Å². The van der Waals surface area contributed by atoms with Crippen molar-refractivity contribution in [3.05, 3.63) is 29.8 Å². The van der Waals surface area contributed by atoms with E-state index in [-0.39, 0.29) is 10.8 Å². The van der Waals surface area contributed by atoms with Gasteiger partial charge in [-0.1, -0.05) is 12.1 Å². The van der Waals surface area contributed by atoms with Gasteiger partial charge in [-0.3, -0.25) is 9.69 Å². The van der Waals surface area contributed by atoms with E-state index in [1.165, 1.54) is 12.1 Å². The van der Waals surface area contributed by atoms with Gasteiger partial charge in [0.05, 0.1) is 4.90 Å². The molecular weight excluding hydrogens is 326 g/mol. The zero-order valence-corrected chi connectivity index (χ0v) is 15.8. The summed E-state index contributed by atoms with van der Waals surface area (Å²) in [6.07, 6.45) is 0.937. The molecule has 0 aliphatic rings. The van der Waals surface area contributed by atoms with Crippen molar-refractivity contribution >= 4 is 15.9 Å². The molecule has 0 spiro atoms. The Morgan fingerprint density at radius 2 is 1.67 bits per heavy atom. The lowest BCUT2D eigenvalue weighted by Crippen LogP contribution is -2.42. The number of hydrogen-bond acceptors (Lipinski definition) is 4. The number of nitrogens with zero attached hydrogens (tertiary/aromatic N) is 1. The zero-order chi connectivity index (χ0) is 18.3. The second kappa shape index (κ2) is 9.15. The van der Waals surface area contributed by atoms with E-state index in [9.17, 15) is 13.2 Å². The average Bonchev–Trinajstić information content (AvgIpc) is 2.48. The number of hydrogen-bond donors (Lipinski definition) is 2. The van der Waals surface area contributed by atoms with Crippen molar-refractivity contribution in [2.75, 3.05) is 13.1 Å². The Labute approximate surface area is 145 Å². The van der Waals surface area contributed by atoms with Crippen LogP contribution in [0.25, 0.3) is 0 Å². The van der Waals surface area contributed by atoms with E-state index in [4.69, 9.17) is 5.14 Å². The van der Waals surface area contributed by atoms with E-state index in [2.05, 4.69) is 37.9 Å². The maximum absolute atomic E-state index is 11.9. The maximum Gasteiger partial charge on any atom is 0.238 e. The molecule has 0 bridgehead atoms. The van der Waals surface area contributed by atoms with Gasteiger partial charge in [-0.15, -0.1) is 0 Å². The fourth-order valence-corrected chi connectivity index (χ4v) is 3.14. The minimum Gasteiger partial charge on any atom is -0.355 e. The highest BCUT2D eigenvalue weighted by molar-refractivity contribution is 7.89. The molecule has 136 valence electrons. The van der Waals surface area contributed by atoms with Gasteiger partial charge in [-0.05, 0) is 51.8 Å². The maximum atomic E-state index is 11.9. The monoisotopic (exact) mass is 355 g/mol. The summed E-state index contributed by atoms with van der Waals surface area (Å²) in [6, 6.07) is 7.19. The van der Waals surface area contributed by atoms with Gasteiger partial charge in [0, 0.05) is 31.6 Å². The molecule has 1 rings (SSSR count). The van der Waals surface area contributed by atoms with Gasteiger partial charge in [-0.2, -0.15) is 0 Å². The fourth-order valence-electron chi connectivity index (χ4n) is 2.63. The van der Waals surface area contributed by atoms with Crippen LogP contribution in [-0.2, 0) is 21.2 Å². The van der Waals surface area contributed by atoms with Crippen molar-refractivity contribution in [2.24, 2.45) is 5.14 Å². The van der Waals surface area contributed by atoms with Gasteiger partial charge >= 0.3 is 0 Å². The molecule has 0 radical (unpaired) electrons. The number of aryl methyl sites for hydroxylation is 1. The number of nitrogens with two attached hydrogens (primary N) is 1. The molecule has 0 saturated heterocycles. The van der Waals surface area contributed by atoms with Gasteiger partial charge in [0.15, 0.2) is 0 Å². The molecule has 0 atom stereocenters. The van der Waals surface area contributed by atoms with Crippen LogP contribution >= 0.6 is 0 Å². The van der Waals surface area contributed by atoms with Crippen molar-refractivity contribution < 1.29 is 13.2 Å². The molecule has 7 heteroatoms. The minimum atomic E-state index is -3.67. The lowest BCUT2D eigenvalue weighted by Gasteiger charge is -2.30. The SMILES string of the molecule is CC(C)N(CCNC(=O)CCc1ccc(S(N)(=O)=O)cc1)C(C)C. The molecule has 0 aliphatic carbocycles. The molecule has 6 nitrogen and oxygen atoms in total. The van der Waals surface area contributed by atoms with E-state index in [1.54, 1.807) is 12.1 Å². The number of carbonyl (C=O) groups is 1. The number of sulfonamides is 1. The number of benzene rings is 1. The summed E-state index contributed by atoms with van der Waals surface area (Å²) < 4.78 is 22.4. The summed E-state index contributed by atoms with van der Waals surface area (Å²) in [5, 5.41) is 7.99. The average molecular weight is 356 g/mol. The summed E-state index contributed by atoms with van der Waals surface area (Å²) in [4.78, 5) is 14.3. The molecule has 3 N–H and O–H groups in total. The van der Waals surface area contributed by atoms with Crippen LogP contribution in [0, 0.1) is 0 Å². The predicted octanol–water partition coefficient (Wildman–Crippen LogP) is 1.50. The first kappa shape index (κ1) is 20.6. The lowest BCUT2D eigenvalue weighted by molar-refractivity contribution is -0.121. The summed E-state index contributed by atoms with van der Waals surface area (Å²) in [7, 11) is -3.67. The van der Waals surface area contributed by atoms with Gasteiger partial charge in [-0.25, -0.2) is 13.6 Å². The van der Waals surface area contributed by atoms with Gasteiger partial charge in [0.1, 0.15) is 0 Å². The minimum absolute atomic E-state index is 0.00187. The fraction of sp³-hybridized carbons (Fsp3) is 0.588. The van der Waals surface area contributed by atoms with Crippen LogP contribution in [0.15, 0.2) is 29.2 Å². The summed E-state index contributed by atoms with van der Waals surface area (Å²) >= 11 is 0. The third kappa shape index (κ3) is 6.98. The van der Waals surface area contributed by atoms with Crippen LogP contribution in [0.5, 0.6) is 0 Å². The van der Waals surface area contributed by atoms with Crippen LogP contribution < -0.4 is 10.5 Å². The largest absolute Gasteiger partial charge is 0.355 e. The lowest BCUT2D eigenvalue weighted by atomic mass is 10.1. The number of carbonyl (C=O) groups excluding carboxylic acids is 1. The molecule has 0 heterocycles. The number of rotatable bonds is 9. The predicted molar refractivity (Wildman–Crippen MR) is 96.1 cm³/mol. The molecule has 0 fully saturated rings. The third-order valence-corrected chi connectivity index (χ3v) is 4.84. The summed E-state index contributed by atoms with van der Waals surface area (Å²) in [5.74, 6) is -0.00187. The van der Waals surface area contributed by atoms with Crippen molar-refractivity contribution in [2.45, 2.75) is 57.5 Å². The van der Waals surface area contributed by atoms with E-state index >= 15 is 0 Å². The molecule has 0 aliphatic heterocycles. The molecule has 0 saturated carbocycles. The van der Waals surface area contributed by atoms with Crippen molar-refractivity contribution in [1.82, 2.24) is 10.2 Å². The van der Waals surface area contributed by atoms with E-state index < -0.39 is 10.0 Å². The second-order valence-corrected chi connectivity index (χ2v) is 8.03. The normalized spacial score (nSPS) is 12.2. The molecule has 0 unspecified atom stereocenters. The smallest absolute Gasteiger partial charge is 0.238 e. The Hall–Kier alpha value is -1.44. The Kier molecular flexibility index (Phi) is 7.86. The number of nitrogens with one attached hydrogen (secondary N) is 1. The highest BCUT2D eigenvalue weighted by atomic mass is 32.2. The van der Waals surface area contributed by atoms with Crippen LogP contribution in [0.3, 0.4) is 0 Å². The molecule has 1 amide bonds. The number of amides is 1. The van der Waals surface area contributed by atoms with Crippen molar-refractivity contribution in [3.8, 4) is 0 Å². The van der Waals surface area contributed by atoms with Crippen LogP contribution in [-0.4, -0.2) is 44.4 Å². The molecule has 1 aromatic carbocycles. The Balaban J connectivity index is 2.39. The van der Waals surface area contributed by atoms with Gasteiger partial charge < -0.3 is 5.32 Å². The molecule has 0 aromatic heterocycles. The van der Waals surface area contributed by atoms with E-state index in [1.807, 2.05) is 0 Å². The van der Waals surface area contributed by atoms with E-state index in [0.29, 0.717) is 31.5 Å². The molecular formula is C17H29N3O3S. The standard InChI is InChI=1S/C17H29N3O3S/c1-13(2)20(14(3)4)12-11-19-17(21)10-7-15-5-8-16(9-6-15)24(18,22)23/h5-6,8-9,13-14H,7,10-12H2,1-4H3,(H,19,21)(H2,18,22,23). The molecule has 1 aromatic rings. The van der Waals surface area contributed by atoms with Gasteiger partial charge in [0.25, 0.3) is 0 Å². The zero-order valence-electron chi connectivity index (χ0n) is 15.0. The highest BCUT2D eigenvalue weighted by Gasteiger charge is 2.13. The quantitative estimate of drug-likeness (QED) is 0.702. The number of primary sulfonamides is 1. The molecule has 24 heavy (non-hydrogen) atoms. The highest BCUT2D eigenvalue weighted by Crippen LogP contribution is 2.10.